The van der Waals surface area contributed by atoms with Crippen LogP contribution in [0.5, 0.6) is 0 Å². The minimum Gasteiger partial charge on any atom is -0.361 e. The summed E-state index contributed by atoms with van der Waals surface area (Å²) in [4.78, 5) is 78.7. The molecular weight excluding hydrogens is 590 g/mol. The topological polar surface area (TPSA) is 166 Å². The van der Waals surface area contributed by atoms with E-state index in [4.69, 9.17) is 4.74 Å². The molecule has 2 saturated heterocycles. The molecule has 0 aliphatic carbocycles. The molecule has 5 amide bonds. The Bertz CT molecular complexity index is 1440. The lowest BCUT2D eigenvalue weighted by Gasteiger charge is -2.28. The molecule has 2 aromatic carbocycles. The number of hydrogen-bond acceptors (Lipinski definition) is 7. The second-order valence-corrected chi connectivity index (χ2v) is 12.5. The fraction of sp³-hybridized carbons (Fsp3) is 0.471. The van der Waals surface area contributed by atoms with Gasteiger partial charge in [-0.3, -0.25) is 28.8 Å². The highest BCUT2D eigenvalue weighted by Crippen LogP contribution is 2.30. The lowest BCUT2D eigenvalue weighted by Crippen LogP contribution is -2.57. The summed E-state index contributed by atoms with van der Waals surface area (Å²) >= 11 is 0. The van der Waals surface area contributed by atoms with Crippen LogP contribution in [0.25, 0.3) is 0 Å². The van der Waals surface area contributed by atoms with Crippen molar-refractivity contribution in [1.82, 2.24) is 20.9 Å². The maximum atomic E-state index is 13.8. The first-order chi connectivity index (χ1) is 21.9. The third-order valence-electron chi connectivity index (χ3n) is 8.12. The molecule has 46 heavy (non-hydrogen) atoms. The molecule has 2 aliphatic rings. The SMILES string of the molecule is CC(=O)NCC(=O)N1CCC[C@H]1C(=O)N[C@@H](Cc1ccc(NC(=O)c2ccccc2)cc1)C(=O)N[C@@H](CC(C)C)C(=O)[C@@]1(C)CO1. The number of epoxide rings is 1. The highest BCUT2D eigenvalue weighted by atomic mass is 16.6. The second kappa shape index (κ2) is 15.1. The molecule has 0 radical (unpaired) electrons. The molecule has 4 rings (SSSR count). The van der Waals surface area contributed by atoms with Crippen molar-refractivity contribution >= 4 is 41.0 Å². The summed E-state index contributed by atoms with van der Waals surface area (Å²) in [6.07, 6.45) is 1.49. The highest BCUT2D eigenvalue weighted by Gasteiger charge is 2.50. The lowest BCUT2D eigenvalue weighted by atomic mass is 9.93. The van der Waals surface area contributed by atoms with Gasteiger partial charge in [-0.05, 0) is 61.9 Å². The van der Waals surface area contributed by atoms with Crippen LogP contribution in [0.4, 0.5) is 5.69 Å². The van der Waals surface area contributed by atoms with Crippen molar-refractivity contribution in [3.05, 3.63) is 65.7 Å². The van der Waals surface area contributed by atoms with Crippen molar-refractivity contribution in [3.8, 4) is 0 Å². The van der Waals surface area contributed by atoms with Crippen molar-refractivity contribution in [2.45, 2.75) is 77.1 Å². The van der Waals surface area contributed by atoms with Crippen molar-refractivity contribution < 1.29 is 33.5 Å². The summed E-state index contributed by atoms with van der Waals surface area (Å²) < 4.78 is 5.36. The zero-order valence-electron chi connectivity index (χ0n) is 26.8. The monoisotopic (exact) mass is 633 g/mol. The predicted molar refractivity (Wildman–Crippen MR) is 171 cm³/mol. The van der Waals surface area contributed by atoms with Crippen LogP contribution in [0.1, 0.15) is 62.9 Å². The Labute approximate surface area is 269 Å². The first-order valence-corrected chi connectivity index (χ1v) is 15.6. The van der Waals surface area contributed by atoms with Gasteiger partial charge in [-0.1, -0.05) is 44.2 Å². The number of anilines is 1. The number of nitrogens with one attached hydrogen (secondary N) is 4. The van der Waals surface area contributed by atoms with Crippen molar-refractivity contribution in [2.24, 2.45) is 5.92 Å². The maximum Gasteiger partial charge on any atom is 0.255 e. The highest BCUT2D eigenvalue weighted by molar-refractivity contribution is 6.04. The van der Waals surface area contributed by atoms with Crippen molar-refractivity contribution in [3.63, 3.8) is 0 Å². The molecular formula is C34H43N5O7. The minimum absolute atomic E-state index is 0.0907. The standard InChI is InChI=1S/C34H43N5O7/c1-21(2)17-26(30(42)34(4)20-46-34)37-32(44)27(38-33(45)28-11-8-16-39(28)29(41)19-35-22(3)40)18-23-12-14-25(15-13-23)36-31(43)24-9-6-5-7-10-24/h5-7,9-10,12-15,21,26-28H,8,11,16-20H2,1-4H3,(H,35,40)(H,36,43)(H,37,44)(H,38,45)/t26-,27-,28-,34+/m0/s1. The molecule has 2 heterocycles. The van der Waals surface area contributed by atoms with Gasteiger partial charge in [-0.15, -0.1) is 0 Å². The number of ether oxygens (including phenoxy) is 1. The molecule has 0 unspecified atom stereocenters. The van der Waals surface area contributed by atoms with Crippen LogP contribution in [0.2, 0.25) is 0 Å². The Hall–Kier alpha value is -4.58. The van der Waals surface area contributed by atoms with Crippen molar-refractivity contribution in [1.29, 1.82) is 0 Å². The molecule has 2 aliphatic heterocycles. The molecule has 0 saturated carbocycles. The van der Waals surface area contributed by atoms with Gasteiger partial charge in [0.2, 0.25) is 23.6 Å². The molecule has 0 bridgehead atoms. The molecule has 4 atom stereocenters. The van der Waals surface area contributed by atoms with Gasteiger partial charge in [0.1, 0.15) is 17.7 Å². The Morgan fingerprint density at radius 2 is 1.63 bits per heavy atom. The van der Waals surface area contributed by atoms with Gasteiger partial charge in [0.05, 0.1) is 19.2 Å². The van der Waals surface area contributed by atoms with Crippen LogP contribution in [0.3, 0.4) is 0 Å². The van der Waals surface area contributed by atoms with E-state index in [1.165, 1.54) is 11.8 Å². The molecule has 2 fully saturated rings. The van der Waals surface area contributed by atoms with Crippen LogP contribution in [-0.4, -0.2) is 83.6 Å². The molecule has 4 N–H and O–H groups in total. The normalized spacial score (nSPS) is 19.9. The molecule has 246 valence electrons. The van der Waals surface area contributed by atoms with E-state index in [2.05, 4.69) is 21.3 Å². The van der Waals surface area contributed by atoms with E-state index in [9.17, 15) is 28.8 Å². The predicted octanol–water partition coefficient (Wildman–Crippen LogP) is 1.98. The first kappa shape index (κ1) is 34.3. The summed E-state index contributed by atoms with van der Waals surface area (Å²) in [5.41, 5.74) is 0.831. The van der Waals surface area contributed by atoms with E-state index in [0.717, 1.165) is 0 Å². The summed E-state index contributed by atoms with van der Waals surface area (Å²) in [7, 11) is 0. The number of ketones is 1. The van der Waals surface area contributed by atoms with E-state index >= 15 is 0 Å². The summed E-state index contributed by atoms with van der Waals surface area (Å²) in [5.74, 6) is -2.15. The molecule has 0 aromatic heterocycles. The van der Waals surface area contributed by atoms with Crippen LogP contribution in [0.15, 0.2) is 54.6 Å². The van der Waals surface area contributed by atoms with Gasteiger partial charge >= 0.3 is 0 Å². The second-order valence-electron chi connectivity index (χ2n) is 12.5. The quantitative estimate of drug-likeness (QED) is 0.231. The number of carbonyl (C=O) groups is 6. The average Bonchev–Trinajstić information content (AvgIpc) is 3.58. The van der Waals surface area contributed by atoms with E-state index < -0.39 is 35.5 Å². The summed E-state index contributed by atoms with van der Waals surface area (Å²) in [6.45, 7) is 7.32. The largest absolute Gasteiger partial charge is 0.361 e. The number of rotatable bonds is 14. The van der Waals surface area contributed by atoms with Gasteiger partial charge in [-0.2, -0.15) is 0 Å². The zero-order chi connectivity index (χ0) is 33.4. The van der Waals surface area contributed by atoms with Gasteiger partial charge in [0.25, 0.3) is 5.91 Å². The number of nitrogens with zero attached hydrogens (tertiary/aromatic N) is 1. The Balaban J connectivity index is 1.51. The number of amides is 5. The molecule has 12 nitrogen and oxygen atoms in total. The third kappa shape index (κ3) is 9.23. The molecule has 0 spiro atoms. The van der Waals surface area contributed by atoms with Gasteiger partial charge in [0.15, 0.2) is 5.78 Å². The van der Waals surface area contributed by atoms with Crippen LogP contribution < -0.4 is 21.3 Å². The van der Waals surface area contributed by atoms with Crippen LogP contribution in [-0.2, 0) is 35.1 Å². The zero-order valence-corrected chi connectivity index (χ0v) is 26.8. The first-order valence-electron chi connectivity index (χ1n) is 15.6. The number of likely N-dealkylation sites (tertiary alicyclic amines) is 1. The lowest BCUT2D eigenvalue weighted by molar-refractivity contribution is -0.139. The fourth-order valence-electron chi connectivity index (χ4n) is 5.46. The minimum atomic E-state index is -1.07. The third-order valence-corrected chi connectivity index (χ3v) is 8.12. The van der Waals surface area contributed by atoms with E-state index in [1.54, 1.807) is 55.5 Å². The summed E-state index contributed by atoms with van der Waals surface area (Å²) in [5, 5.41) is 11.0. The van der Waals surface area contributed by atoms with Crippen LogP contribution in [0, 0.1) is 5.92 Å². The number of Topliss-reactive ketones (excluding diaryl/α,β-unsaturated/α-hetero) is 1. The van der Waals surface area contributed by atoms with Crippen molar-refractivity contribution in [2.75, 3.05) is 25.0 Å². The van der Waals surface area contributed by atoms with Gasteiger partial charge in [-0.25, -0.2) is 0 Å². The Morgan fingerprint density at radius 1 is 0.957 bits per heavy atom. The Kier molecular flexibility index (Phi) is 11.3. The molecule has 12 heteroatoms. The van der Waals surface area contributed by atoms with Gasteiger partial charge in [0, 0.05) is 31.1 Å². The molecule has 2 aromatic rings. The number of benzene rings is 2. The smallest absolute Gasteiger partial charge is 0.255 e. The van der Waals surface area contributed by atoms with E-state index in [1.807, 2.05) is 19.9 Å². The fourth-order valence-corrected chi connectivity index (χ4v) is 5.46. The maximum absolute atomic E-state index is 13.8. The summed E-state index contributed by atoms with van der Waals surface area (Å²) in [6, 6.07) is 13.0. The van der Waals surface area contributed by atoms with E-state index in [-0.39, 0.29) is 49.0 Å². The Morgan fingerprint density at radius 3 is 2.24 bits per heavy atom. The van der Waals surface area contributed by atoms with Crippen LogP contribution >= 0.6 is 0 Å². The average molecular weight is 634 g/mol. The van der Waals surface area contributed by atoms with Gasteiger partial charge < -0.3 is 30.9 Å². The number of hydrogen-bond donors (Lipinski definition) is 4. The van der Waals surface area contributed by atoms with E-state index in [0.29, 0.717) is 42.6 Å². The number of carbonyl (C=O) groups excluding carboxylic acids is 6.